The molecule has 0 aliphatic carbocycles. The van der Waals surface area contributed by atoms with Gasteiger partial charge in [0.25, 0.3) is 0 Å². The van der Waals surface area contributed by atoms with Crippen LogP contribution in [0.1, 0.15) is 13.3 Å². The lowest BCUT2D eigenvalue weighted by atomic mass is 10.2. The Bertz CT molecular complexity index is 398. The van der Waals surface area contributed by atoms with Crippen molar-refractivity contribution in [1.82, 2.24) is 0 Å². The summed E-state index contributed by atoms with van der Waals surface area (Å²) in [5.74, 6) is -0.186. The highest BCUT2D eigenvalue weighted by atomic mass is 79.9. The zero-order valence-corrected chi connectivity index (χ0v) is 10.3. The van der Waals surface area contributed by atoms with E-state index in [1.54, 1.807) is 6.07 Å². The first-order chi connectivity index (χ1) is 7.52. The molecule has 1 aromatic rings. The molecule has 0 aliphatic rings. The molecule has 1 atom stereocenters. The van der Waals surface area contributed by atoms with Crippen molar-refractivity contribution < 1.29 is 9.60 Å². The van der Waals surface area contributed by atoms with Crippen LogP contribution in [0.2, 0.25) is 0 Å². The molecule has 0 saturated heterocycles. The number of rotatable bonds is 4. The first-order valence-electron chi connectivity index (χ1n) is 4.71. The molecule has 0 spiro atoms. The Labute approximate surface area is 101 Å². The molecule has 0 bridgehead atoms. The van der Waals surface area contributed by atoms with Gasteiger partial charge in [0, 0.05) is 16.9 Å². The molecule has 1 aromatic carbocycles. The van der Waals surface area contributed by atoms with Gasteiger partial charge in [-0.1, -0.05) is 5.16 Å². The maximum absolute atomic E-state index is 13.0. The molecule has 0 heterocycles. The van der Waals surface area contributed by atoms with Gasteiger partial charge in [0.15, 0.2) is 0 Å². The lowest BCUT2D eigenvalue weighted by Gasteiger charge is -2.15. The van der Waals surface area contributed by atoms with E-state index in [1.165, 1.54) is 12.1 Å². The van der Waals surface area contributed by atoms with Crippen LogP contribution in [0.4, 0.5) is 10.1 Å². The van der Waals surface area contributed by atoms with Crippen LogP contribution in [0.5, 0.6) is 0 Å². The van der Waals surface area contributed by atoms with Crippen molar-refractivity contribution in [1.29, 1.82) is 0 Å². The van der Waals surface area contributed by atoms with Gasteiger partial charge in [-0.25, -0.2) is 4.39 Å². The van der Waals surface area contributed by atoms with Crippen LogP contribution in [0, 0.1) is 5.82 Å². The smallest absolute Gasteiger partial charge is 0.141 e. The molecule has 0 amide bonds. The predicted octanol–water partition coefficient (Wildman–Crippen LogP) is 2.53. The second-order valence-electron chi connectivity index (χ2n) is 3.47. The summed E-state index contributed by atoms with van der Waals surface area (Å²) in [6, 6.07) is 4.30. The molecule has 0 saturated carbocycles. The molecule has 16 heavy (non-hydrogen) atoms. The third kappa shape index (κ3) is 3.69. The molecule has 0 radical (unpaired) electrons. The van der Waals surface area contributed by atoms with Crippen molar-refractivity contribution in [2.45, 2.75) is 19.4 Å². The Hall–Kier alpha value is -1.30. The van der Waals surface area contributed by atoms with E-state index in [0.29, 0.717) is 12.1 Å². The van der Waals surface area contributed by atoms with Gasteiger partial charge in [0.1, 0.15) is 11.7 Å². The number of hydrogen-bond donors (Lipinski definition) is 3. The second-order valence-corrected chi connectivity index (χ2v) is 4.32. The highest BCUT2D eigenvalue weighted by Crippen LogP contribution is 2.24. The van der Waals surface area contributed by atoms with Gasteiger partial charge in [-0.2, -0.15) is 0 Å². The minimum Gasteiger partial charge on any atom is -0.409 e. The maximum Gasteiger partial charge on any atom is 0.141 e. The lowest BCUT2D eigenvalue weighted by molar-refractivity contribution is 0.316. The monoisotopic (exact) mass is 289 g/mol. The van der Waals surface area contributed by atoms with E-state index in [1.807, 2.05) is 6.92 Å². The van der Waals surface area contributed by atoms with E-state index in [0.717, 1.165) is 4.47 Å². The van der Waals surface area contributed by atoms with Gasteiger partial charge < -0.3 is 16.3 Å². The van der Waals surface area contributed by atoms with Crippen LogP contribution in [0.25, 0.3) is 0 Å². The molecule has 4 N–H and O–H groups in total. The van der Waals surface area contributed by atoms with Crippen molar-refractivity contribution in [2.24, 2.45) is 10.9 Å². The minimum atomic E-state index is -0.318. The quantitative estimate of drug-likeness (QED) is 0.345. The number of oxime groups is 1. The van der Waals surface area contributed by atoms with Crippen LogP contribution in [0.15, 0.2) is 27.8 Å². The summed E-state index contributed by atoms with van der Waals surface area (Å²) in [6.45, 7) is 1.86. The van der Waals surface area contributed by atoms with Crippen LogP contribution in [-0.2, 0) is 0 Å². The highest BCUT2D eigenvalue weighted by Gasteiger charge is 2.08. The van der Waals surface area contributed by atoms with E-state index in [2.05, 4.69) is 26.4 Å². The van der Waals surface area contributed by atoms with E-state index < -0.39 is 0 Å². The summed E-state index contributed by atoms with van der Waals surface area (Å²) >= 11 is 3.30. The lowest BCUT2D eigenvalue weighted by Crippen LogP contribution is -2.24. The number of benzene rings is 1. The summed E-state index contributed by atoms with van der Waals surface area (Å²) in [4.78, 5) is 0. The molecule has 0 aliphatic heterocycles. The maximum atomic E-state index is 13.0. The van der Waals surface area contributed by atoms with Crippen LogP contribution >= 0.6 is 15.9 Å². The van der Waals surface area contributed by atoms with Crippen molar-refractivity contribution in [3.8, 4) is 0 Å². The van der Waals surface area contributed by atoms with Crippen LogP contribution in [0.3, 0.4) is 0 Å². The third-order valence-electron chi connectivity index (χ3n) is 1.97. The first-order valence-corrected chi connectivity index (χ1v) is 5.50. The number of hydrogen-bond acceptors (Lipinski definition) is 3. The van der Waals surface area contributed by atoms with Crippen LogP contribution in [-0.4, -0.2) is 17.1 Å². The van der Waals surface area contributed by atoms with Gasteiger partial charge in [0.05, 0.1) is 5.69 Å². The summed E-state index contributed by atoms with van der Waals surface area (Å²) in [6.07, 6.45) is 0.374. The molecule has 0 aromatic heterocycles. The molecule has 1 unspecified atom stereocenters. The average molecular weight is 290 g/mol. The number of anilines is 1. The van der Waals surface area contributed by atoms with Gasteiger partial charge in [-0.3, -0.25) is 0 Å². The zero-order valence-electron chi connectivity index (χ0n) is 8.74. The summed E-state index contributed by atoms with van der Waals surface area (Å²) in [5.41, 5.74) is 6.01. The van der Waals surface area contributed by atoms with Gasteiger partial charge >= 0.3 is 0 Å². The fourth-order valence-corrected chi connectivity index (χ4v) is 1.64. The molecule has 6 heteroatoms. The van der Waals surface area contributed by atoms with Crippen LogP contribution < -0.4 is 11.1 Å². The number of nitrogens with one attached hydrogen (secondary N) is 1. The van der Waals surface area contributed by atoms with Gasteiger partial charge in [-0.05, 0) is 41.1 Å². The number of nitrogens with two attached hydrogens (primary N) is 1. The Morgan fingerprint density at radius 3 is 3.00 bits per heavy atom. The Balaban J connectivity index is 2.69. The second kappa shape index (κ2) is 5.69. The highest BCUT2D eigenvalue weighted by molar-refractivity contribution is 9.10. The minimum absolute atomic E-state index is 0.0611. The van der Waals surface area contributed by atoms with E-state index >= 15 is 0 Å². The largest absolute Gasteiger partial charge is 0.409 e. The number of amidine groups is 1. The normalized spacial score (nSPS) is 13.6. The summed E-state index contributed by atoms with van der Waals surface area (Å²) in [7, 11) is 0. The fraction of sp³-hybridized carbons (Fsp3) is 0.300. The standard InChI is InChI=1S/C10H13BrFN3O/c1-6(4-10(13)15-16)14-9-5-7(12)2-3-8(9)11/h2-3,5-6,14,16H,4H2,1H3,(H2,13,15). The topological polar surface area (TPSA) is 70.6 Å². The van der Waals surface area contributed by atoms with Crippen molar-refractivity contribution in [3.63, 3.8) is 0 Å². The summed E-state index contributed by atoms with van der Waals surface area (Å²) in [5, 5.41) is 14.4. The molecule has 1 rings (SSSR count). The number of nitrogens with zero attached hydrogens (tertiary/aromatic N) is 1. The van der Waals surface area contributed by atoms with Crippen molar-refractivity contribution in [2.75, 3.05) is 5.32 Å². The van der Waals surface area contributed by atoms with Crippen molar-refractivity contribution in [3.05, 3.63) is 28.5 Å². The van der Waals surface area contributed by atoms with Gasteiger partial charge in [0.2, 0.25) is 0 Å². The zero-order chi connectivity index (χ0) is 12.1. The Morgan fingerprint density at radius 2 is 2.38 bits per heavy atom. The van der Waals surface area contributed by atoms with E-state index in [9.17, 15) is 4.39 Å². The SMILES string of the molecule is CC(C/C(N)=N/O)Nc1cc(F)ccc1Br. The third-order valence-corrected chi connectivity index (χ3v) is 2.67. The molecular weight excluding hydrogens is 277 g/mol. The van der Waals surface area contributed by atoms with E-state index in [4.69, 9.17) is 10.9 Å². The van der Waals surface area contributed by atoms with Crippen molar-refractivity contribution >= 4 is 27.5 Å². The molecular formula is C10H13BrFN3O. The molecule has 0 fully saturated rings. The molecule has 4 nitrogen and oxygen atoms in total. The fourth-order valence-electron chi connectivity index (χ4n) is 1.28. The van der Waals surface area contributed by atoms with Gasteiger partial charge in [-0.15, -0.1) is 0 Å². The predicted molar refractivity (Wildman–Crippen MR) is 65.2 cm³/mol. The Kier molecular flexibility index (Phi) is 4.54. The number of halogens is 2. The summed E-state index contributed by atoms with van der Waals surface area (Å²) < 4.78 is 13.7. The molecule has 88 valence electrons. The van der Waals surface area contributed by atoms with E-state index in [-0.39, 0.29) is 17.7 Å². The average Bonchev–Trinajstić information content (AvgIpc) is 2.23. The Morgan fingerprint density at radius 1 is 1.69 bits per heavy atom. The first kappa shape index (κ1) is 12.8.